The lowest BCUT2D eigenvalue weighted by Gasteiger charge is -2.33. The van der Waals surface area contributed by atoms with Crippen LogP contribution in [0, 0.1) is 5.41 Å². The topological polar surface area (TPSA) is 50.9 Å². The second-order valence-electron chi connectivity index (χ2n) is 8.30. The molecule has 4 nitrogen and oxygen atoms in total. The first-order chi connectivity index (χ1) is 11.2. The molecule has 0 unspecified atom stereocenters. The third kappa shape index (κ3) is 3.28. The first-order valence-corrected chi connectivity index (χ1v) is 8.32. The maximum atomic E-state index is 10.4. The van der Waals surface area contributed by atoms with Gasteiger partial charge in [-0.2, -0.15) is 4.80 Å². The number of aromatic nitrogens is 3. The van der Waals surface area contributed by atoms with Crippen molar-refractivity contribution in [2.24, 2.45) is 5.41 Å². The molecule has 0 aliphatic heterocycles. The molecule has 4 heteroatoms. The Bertz CT molecular complexity index is 839. The number of fused-ring (bicyclic) bond motifs is 1. The Morgan fingerprint density at radius 1 is 0.917 bits per heavy atom. The predicted molar refractivity (Wildman–Crippen MR) is 97.6 cm³/mol. The van der Waals surface area contributed by atoms with Gasteiger partial charge < -0.3 is 5.11 Å². The Hall–Kier alpha value is -2.36. The quantitative estimate of drug-likeness (QED) is 0.750. The van der Waals surface area contributed by atoms with Gasteiger partial charge in [0.25, 0.3) is 0 Å². The zero-order valence-electron chi connectivity index (χ0n) is 15.0. The number of phenolic OH excluding ortho intramolecular Hbond substituents is 1. The fourth-order valence-corrected chi connectivity index (χ4v) is 3.59. The molecule has 0 spiro atoms. The molecular weight excluding hydrogens is 298 g/mol. The van der Waals surface area contributed by atoms with Crippen LogP contribution >= 0.6 is 0 Å². The fourth-order valence-electron chi connectivity index (χ4n) is 3.59. The summed E-state index contributed by atoms with van der Waals surface area (Å²) >= 11 is 0. The van der Waals surface area contributed by atoms with Crippen molar-refractivity contribution >= 4 is 11.0 Å². The third-order valence-electron chi connectivity index (χ3n) is 4.20. The minimum Gasteiger partial charge on any atom is -0.508 e. The summed E-state index contributed by atoms with van der Waals surface area (Å²) in [6.07, 6.45) is 0.964. The fraction of sp³-hybridized carbons (Fsp3) is 0.400. The molecule has 0 saturated heterocycles. The highest BCUT2D eigenvalue weighted by Crippen LogP contribution is 2.40. The molecule has 24 heavy (non-hydrogen) atoms. The van der Waals surface area contributed by atoms with Gasteiger partial charge in [-0.3, -0.25) is 0 Å². The van der Waals surface area contributed by atoms with Gasteiger partial charge in [-0.25, -0.2) is 0 Å². The van der Waals surface area contributed by atoms with Gasteiger partial charge in [-0.05, 0) is 47.6 Å². The Morgan fingerprint density at radius 3 is 2.04 bits per heavy atom. The average molecular weight is 323 g/mol. The minimum atomic E-state index is -0.148. The van der Waals surface area contributed by atoms with Crippen LogP contribution in [-0.4, -0.2) is 20.1 Å². The molecule has 0 bridgehead atoms. The number of benzene rings is 2. The Morgan fingerprint density at radius 2 is 1.50 bits per heavy atom. The summed E-state index contributed by atoms with van der Waals surface area (Å²) in [7, 11) is 0. The van der Waals surface area contributed by atoms with E-state index >= 15 is 0 Å². The summed E-state index contributed by atoms with van der Waals surface area (Å²) in [6.45, 7) is 11.0. The van der Waals surface area contributed by atoms with E-state index in [2.05, 4.69) is 44.8 Å². The number of hydrogen-bond donors (Lipinski definition) is 1. The number of aromatic hydroxyl groups is 1. The average Bonchev–Trinajstić information content (AvgIpc) is 2.88. The molecule has 0 aliphatic carbocycles. The standard InChI is InChI=1S/C20H25N3O/c1-19(2,3)13-20(4,5)15-12-14(10-11-18(15)24)23-21-16-8-6-7-9-17(16)22-23/h6-12,24H,13H2,1-5H3. The third-order valence-corrected chi connectivity index (χ3v) is 4.20. The lowest BCUT2D eigenvalue weighted by atomic mass is 9.72. The molecule has 126 valence electrons. The van der Waals surface area contributed by atoms with Crippen molar-refractivity contribution in [1.82, 2.24) is 15.0 Å². The van der Waals surface area contributed by atoms with Crippen molar-refractivity contribution in [2.45, 2.75) is 46.5 Å². The monoisotopic (exact) mass is 323 g/mol. The van der Waals surface area contributed by atoms with Crippen LogP contribution in [0.2, 0.25) is 0 Å². The van der Waals surface area contributed by atoms with Crippen LogP contribution in [-0.2, 0) is 5.41 Å². The molecule has 0 fully saturated rings. The van der Waals surface area contributed by atoms with E-state index in [0.717, 1.165) is 28.7 Å². The van der Waals surface area contributed by atoms with Gasteiger partial charge in [0, 0.05) is 5.56 Å². The Kier molecular flexibility index (Phi) is 3.86. The molecule has 0 saturated carbocycles. The number of phenols is 1. The predicted octanol–water partition coefficient (Wildman–Crippen LogP) is 4.84. The number of nitrogens with zero attached hydrogens (tertiary/aromatic N) is 3. The molecule has 0 atom stereocenters. The van der Waals surface area contributed by atoms with E-state index in [-0.39, 0.29) is 10.8 Å². The van der Waals surface area contributed by atoms with E-state index in [0.29, 0.717) is 5.75 Å². The van der Waals surface area contributed by atoms with Crippen molar-refractivity contribution in [3.63, 3.8) is 0 Å². The van der Waals surface area contributed by atoms with Crippen molar-refractivity contribution in [1.29, 1.82) is 0 Å². The molecule has 0 aliphatic rings. The summed E-state index contributed by atoms with van der Waals surface area (Å²) in [6, 6.07) is 13.4. The zero-order valence-corrected chi connectivity index (χ0v) is 15.0. The van der Waals surface area contributed by atoms with E-state index in [4.69, 9.17) is 0 Å². The van der Waals surface area contributed by atoms with Gasteiger partial charge in [0.15, 0.2) is 0 Å². The maximum absolute atomic E-state index is 10.4. The van der Waals surface area contributed by atoms with Gasteiger partial charge in [0.2, 0.25) is 0 Å². The van der Waals surface area contributed by atoms with Crippen molar-refractivity contribution in [3.05, 3.63) is 48.0 Å². The normalized spacial score (nSPS) is 12.7. The van der Waals surface area contributed by atoms with Gasteiger partial charge in [0.05, 0.1) is 5.69 Å². The summed E-state index contributed by atoms with van der Waals surface area (Å²) in [4.78, 5) is 1.64. The molecule has 3 rings (SSSR count). The smallest absolute Gasteiger partial charge is 0.119 e. The summed E-state index contributed by atoms with van der Waals surface area (Å²) < 4.78 is 0. The Labute approximate surface area is 143 Å². The molecule has 0 amide bonds. The largest absolute Gasteiger partial charge is 0.508 e. The molecule has 1 heterocycles. The summed E-state index contributed by atoms with van der Waals surface area (Å²) in [5.41, 5.74) is 3.54. The molecular formula is C20H25N3O. The molecule has 3 aromatic rings. The van der Waals surface area contributed by atoms with Gasteiger partial charge in [-0.1, -0.05) is 46.8 Å². The highest BCUT2D eigenvalue weighted by atomic mass is 16.3. The van der Waals surface area contributed by atoms with Crippen LogP contribution in [0.4, 0.5) is 0 Å². The molecule has 1 N–H and O–H groups in total. The van der Waals surface area contributed by atoms with Crippen LogP contribution in [0.3, 0.4) is 0 Å². The second-order valence-corrected chi connectivity index (χ2v) is 8.30. The molecule has 1 aromatic heterocycles. The highest BCUT2D eigenvalue weighted by Gasteiger charge is 2.30. The maximum Gasteiger partial charge on any atom is 0.119 e. The van der Waals surface area contributed by atoms with Crippen LogP contribution in [0.25, 0.3) is 16.7 Å². The van der Waals surface area contributed by atoms with Gasteiger partial charge in [0.1, 0.15) is 16.8 Å². The van der Waals surface area contributed by atoms with E-state index in [9.17, 15) is 5.11 Å². The Balaban J connectivity index is 2.05. The zero-order chi connectivity index (χ0) is 17.5. The van der Waals surface area contributed by atoms with E-state index in [1.807, 2.05) is 36.4 Å². The van der Waals surface area contributed by atoms with Gasteiger partial charge >= 0.3 is 0 Å². The van der Waals surface area contributed by atoms with Crippen LogP contribution < -0.4 is 0 Å². The second kappa shape index (κ2) is 5.62. The molecule has 2 aromatic carbocycles. The number of rotatable bonds is 3. The van der Waals surface area contributed by atoms with E-state index in [1.165, 1.54) is 0 Å². The lowest BCUT2D eigenvalue weighted by Crippen LogP contribution is -2.25. The van der Waals surface area contributed by atoms with Crippen molar-refractivity contribution < 1.29 is 5.11 Å². The van der Waals surface area contributed by atoms with E-state index < -0.39 is 0 Å². The van der Waals surface area contributed by atoms with Crippen LogP contribution in [0.1, 0.15) is 46.6 Å². The van der Waals surface area contributed by atoms with Crippen LogP contribution in [0.15, 0.2) is 42.5 Å². The number of hydrogen-bond acceptors (Lipinski definition) is 3. The first-order valence-electron chi connectivity index (χ1n) is 8.32. The van der Waals surface area contributed by atoms with Gasteiger partial charge in [-0.15, -0.1) is 10.2 Å². The SMILES string of the molecule is CC(C)(C)CC(C)(C)c1cc(-n2nc3ccccc3n2)ccc1O. The molecule has 0 radical (unpaired) electrons. The first kappa shape index (κ1) is 16.5. The minimum absolute atomic E-state index is 0.148. The van der Waals surface area contributed by atoms with Crippen LogP contribution in [0.5, 0.6) is 5.75 Å². The van der Waals surface area contributed by atoms with Crippen molar-refractivity contribution in [3.8, 4) is 11.4 Å². The highest BCUT2D eigenvalue weighted by molar-refractivity contribution is 5.73. The van der Waals surface area contributed by atoms with Crippen molar-refractivity contribution in [2.75, 3.05) is 0 Å². The lowest BCUT2D eigenvalue weighted by molar-refractivity contribution is 0.278. The summed E-state index contributed by atoms with van der Waals surface area (Å²) in [5.74, 6) is 0.324. The summed E-state index contributed by atoms with van der Waals surface area (Å²) in [5, 5.41) is 19.5. The van der Waals surface area contributed by atoms with E-state index in [1.54, 1.807) is 10.9 Å².